The quantitative estimate of drug-likeness (QED) is 0.283. The largest absolute Gasteiger partial charge is 0.0986 e. The molecule has 234 valence electrons. The molecule has 0 heteroatoms. The van der Waals surface area contributed by atoms with E-state index in [4.69, 9.17) is 0 Å². The van der Waals surface area contributed by atoms with E-state index >= 15 is 0 Å². The van der Waals surface area contributed by atoms with Crippen LogP contribution in [0.15, 0.2) is 72.4 Å². The van der Waals surface area contributed by atoms with Crippen molar-refractivity contribution in [2.24, 2.45) is 40.4 Å². The molecule has 0 spiro atoms. The summed E-state index contributed by atoms with van der Waals surface area (Å²) in [5, 5.41) is 0. The Morgan fingerprint density at radius 3 is 2.34 bits per heavy atom. The van der Waals surface area contributed by atoms with Crippen molar-refractivity contribution in [3.05, 3.63) is 100 Å². The third kappa shape index (κ3) is 6.66. The molecule has 0 saturated heterocycles. The first-order valence-electron chi connectivity index (χ1n) is 17.7. The van der Waals surface area contributed by atoms with Gasteiger partial charge in [-0.15, -0.1) is 0 Å². The highest BCUT2D eigenvalue weighted by Gasteiger charge is 2.39. The molecule has 4 aliphatic carbocycles. The van der Waals surface area contributed by atoms with E-state index in [2.05, 4.69) is 110 Å². The van der Waals surface area contributed by atoms with Gasteiger partial charge >= 0.3 is 0 Å². The zero-order valence-corrected chi connectivity index (χ0v) is 29.0. The van der Waals surface area contributed by atoms with Crippen LogP contribution in [0.25, 0.3) is 17.2 Å². The topological polar surface area (TPSA) is 0 Å². The second-order valence-electron chi connectivity index (χ2n) is 17.4. The fourth-order valence-corrected chi connectivity index (χ4v) is 9.21. The number of aryl methyl sites for hydroxylation is 2. The van der Waals surface area contributed by atoms with Crippen LogP contribution in [-0.2, 0) is 12.8 Å². The van der Waals surface area contributed by atoms with Gasteiger partial charge in [0.25, 0.3) is 0 Å². The number of rotatable bonds is 7. The summed E-state index contributed by atoms with van der Waals surface area (Å²) < 4.78 is 0. The molecule has 44 heavy (non-hydrogen) atoms. The third-order valence-electron chi connectivity index (χ3n) is 11.9. The Balaban J connectivity index is 1.18. The third-order valence-corrected chi connectivity index (χ3v) is 11.9. The molecule has 2 saturated carbocycles. The first kappa shape index (κ1) is 31.4. The SMILES string of the molecule is C=C1C=CC(CC(C)(C)C)C(=C)C1CC1=Cc2cccc(-c3cc(C)cc(C)c3CC3CC(C4CCC(C)(C)CC4)C3)c2C1. The molecule has 2 aromatic carbocycles. The molecule has 2 unspecified atom stereocenters. The summed E-state index contributed by atoms with van der Waals surface area (Å²) in [7, 11) is 0. The van der Waals surface area contributed by atoms with Gasteiger partial charge in [0.15, 0.2) is 0 Å². The van der Waals surface area contributed by atoms with E-state index in [0.29, 0.717) is 17.3 Å². The predicted molar refractivity (Wildman–Crippen MR) is 192 cm³/mol. The van der Waals surface area contributed by atoms with Crippen LogP contribution in [0.1, 0.15) is 114 Å². The van der Waals surface area contributed by atoms with Crippen LogP contribution in [0.3, 0.4) is 0 Å². The molecule has 4 aliphatic rings. The van der Waals surface area contributed by atoms with Crippen LogP contribution in [0.5, 0.6) is 0 Å². The Morgan fingerprint density at radius 1 is 0.909 bits per heavy atom. The van der Waals surface area contributed by atoms with Gasteiger partial charge in [-0.25, -0.2) is 0 Å². The summed E-state index contributed by atoms with van der Waals surface area (Å²) in [5.74, 6) is 3.59. The van der Waals surface area contributed by atoms with Gasteiger partial charge in [-0.05, 0) is 152 Å². The van der Waals surface area contributed by atoms with Crippen molar-refractivity contribution >= 4 is 6.08 Å². The number of benzene rings is 2. The maximum atomic E-state index is 4.64. The van der Waals surface area contributed by atoms with Gasteiger partial charge in [0.05, 0.1) is 0 Å². The molecular formula is C44H58. The van der Waals surface area contributed by atoms with E-state index < -0.39 is 0 Å². The minimum Gasteiger partial charge on any atom is -0.0986 e. The Labute approximate surface area is 269 Å². The zero-order valence-electron chi connectivity index (χ0n) is 29.0. The zero-order chi connectivity index (χ0) is 31.4. The molecule has 0 aromatic heterocycles. The second-order valence-corrected chi connectivity index (χ2v) is 17.4. The summed E-state index contributed by atoms with van der Waals surface area (Å²) >= 11 is 0. The van der Waals surface area contributed by atoms with Crippen LogP contribution in [0.2, 0.25) is 0 Å². The molecular weight excluding hydrogens is 528 g/mol. The summed E-state index contributed by atoms with van der Waals surface area (Å²) in [5.41, 5.74) is 15.4. The van der Waals surface area contributed by atoms with Crippen LogP contribution in [-0.4, -0.2) is 0 Å². The average molecular weight is 587 g/mol. The fourth-order valence-electron chi connectivity index (χ4n) is 9.21. The standard InChI is InChI=1S/C44H58/c1-28-19-30(3)40(25-32-22-37(23-32)34-15-17-44(8,9)18-16-34)42(20-28)38-12-10-11-35-21-33(26-41(35)38)24-39-29(2)13-14-36(31(39)4)27-43(5,6)7/h10-14,19-21,32,34,36-37,39H,2,4,15-18,22-27H2,1,3,5-9H3. The number of fused-ring (bicyclic) bond motifs is 1. The normalized spacial score (nSPS) is 26.8. The predicted octanol–water partition coefficient (Wildman–Crippen LogP) is 12.4. The molecule has 0 N–H and O–H groups in total. The lowest BCUT2D eigenvalue weighted by Crippen LogP contribution is -2.35. The van der Waals surface area contributed by atoms with E-state index in [-0.39, 0.29) is 5.41 Å². The first-order chi connectivity index (χ1) is 20.8. The Hall–Kier alpha value is -2.60. The monoisotopic (exact) mass is 586 g/mol. The minimum absolute atomic E-state index is 0.288. The lowest BCUT2D eigenvalue weighted by molar-refractivity contribution is 0.0667. The second kappa shape index (κ2) is 12.0. The Morgan fingerprint density at radius 2 is 1.64 bits per heavy atom. The lowest BCUT2D eigenvalue weighted by atomic mass is 9.60. The highest BCUT2D eigenvalue weighted by Crippen LogP contribution is 2.50. The van der Waals surface area contributed by atoms with E-state index in [9.17, 15) is 0 Å². The maximum absolute atomic E-state index is 4.64. The van der Waals surface area contributed by atoms with Gasteiger partial charge < -0.3 is 0 Å². The van der Waals surface area contributed by atoms with Crippen LogP contribution in [0.4, 0.5) is 0 Å². The van der Waals surface area contributed by atoms with E-state index in [0.717, 1.165) is 37.0 Å². The van der Waals surface area contributed by atoms with Gasteiger partial charge in [-0.3, -0.25) is 0 Å². The highest BCUT2D eigenvalue weighted by molar-refractivity contribution is 5.80. The molecule has 2 aromatic rings. The van der Waals surface area contributed by atoms with Crippen molar-refractivity contribution in [1.82, 2.24) is 0 Å². The lowest BCUT2D eigenvalue weighted by Gasteiger charge is -2.45. The van der Waals surface area contributed by atoms with Crippen molar-refractivity contribution in [1.29, 1.82) is 0 Å². The van der Waals surface area contributed by atoms with Crippen molar-refractivity contribution in [2.75, 3.05) is 0 Å². The van der Waals surface area contributed by atoms with Gasteiger partial charge in [-0.2, -0.15) is 0 Å². The first-order valence-corrected chi connectivity index (χ1v) is 17.7. The fraction of sp³-hybridized carbons (Fsp3) is 0.545. The molecule has 0 amide bonds. The Kier molecular flexibility index (Phi) is 8.53. The minimum atomic E-state index is 0.288. The summed E-state index contributed by atoms with van der Waals surface area (Å²) in [4.78, 5) is 0. The van der Waals surface area contributed by atoms with Crippen molar-refractivity contribution in [3.63, 3.8) is 0 Å². The van der Waals surface area contributed by atoms with Crippen molar-refractivity contribution in [3.8, 4) is 11.1 Å². The van der Waals surface area contributed by atoms with E-state index in [1.807, 2.05) is 0 Å². The molecule has 6 rings (SSSR count). The summed E-state index contributed by atoms with van der Waals surface area (Å²) in [6.07, 6.45) is 20.2. The average Bonchev–Trinajstić information content (AvgIpc) is 3.33. The molecule has 0 heterocycles. The summed E-state index contributed by atoms with van der Waals surface area (Å²) in [6.45, 7) is 25.7. The molecule has 0 aliphatic heterocycles. The van der Waals surface area contributed by atoms with Crippen LogP contribution < -0.4 is 0 Å². The number of hydrogen-bond acceptors (Lipinski definition) is 0. The molecule has 0 nitrogen and oxygen atoms in total. The molecule has 0 radical (unpaired) electrons. The summed E-state index contributed by atoms with van der Waals surface area (Å²) in [6, 6.07) is 11.9. The van der Waals surface area contributed by atoms with Crippen molar-refractivity contribution in [2.45, 2.75) is 113 Å². The maximum Gasteiger partial charge on any atom is 0.00827 e. The van der Waals surface area contributed by atoms with Crippen LogP contribution in [0, 0.1) is 54.3 Å². The molecule has 2 atom stereocenters. The van der Waals surface area contributed by atoms with Crippen LogP contribution >= 0.6 is 0 Å². The Bertz CT molecular complexity index is 1480. The van der Waals surface area contributed by atoms with Gasteiger partial charge in [0.2, 0.25) is 0 Å². The number of allylic oxidation sites excluding steroid dienone is 5. The highest BCUT2D eigenvalue weighted by atomic mass is 14.4. The van der Waals surface area contributed by atoms with Gasteiger partial charge in [0, 0.05) is 5.92 Å². The number of hydrogen-bond donors (Lipinski definition) is 0. The molecule has 2 fully saturated rings. The van der Waals surface area contributed by atoms with Gasteiger partial charge in [-0.1, -0.05) is 113 Å². The van der Waals surface area contributed by atoms with Gasteiger partial charge in [0.1, 0.15) is 0 Å². The van der Waals surface area contributed by atoms with Crippen molar-refractivity contribution < 1.29 is 0 Å². The van der Waals surface area contributed by atoms with E-state index in [1.54, 1.807) is 5.56 Å². The smallest absolute Gasteiger partial charge is 0.00827 e. The van der Waals surface area contributed by atoms with E-state index in [1.165, 1.54) is 95.0 Å². The molecule has 0 bridgehead atoms.